The van der Waals surface area contributed by atoms with Gasteiger partial charge >= 0.3 is 12.0 Å². The first-order chi connectivity index (χ1) is 11.8. The van der Waals surface area contributed by atoms with Gasteiger partial charge in [0.2, 0.25) is 0 Å². The summed E-state index contributed by atoms with van der Waals surface area (Å²) in [6, 6.07) is 1.54. The van der Waals surface area contributed by atoms with Crippen LogP contribution in [-0.2, 0) is 9.53 Å². The lowest BCUT2D eigenvalue weighted by Gasteiger charge is -2.29. The van der Waals surface area contributed by atoms with Crippen LogP contribution in [0.1, 0.15) is 43.0 Å². The highest BCUT2D eigenvalue weighted by molar-refractivity contribution is 5.97. The van der Waals surface area contributed by atoms with Crippen LogP contribution in [0.15, 0.2) is 18.2 Å². The van der Waals surface area contributed by atoms with Gasteiger partial charge in [-0.15, -0.1) is 0 Å². The monoisotopic (exact) mass is 354 g/mol. The Bertz CT molecular complexity index is 646. The fourth-order valence-electron chi connectivity index (χ4n) is 2.78. The highest BCUT2D eigenvalue weighted by atomic mass is 19.1. The molecule has 2 rings (SSSR count). The molecule has 1 aromatic carbocycles. The molecule has 0 saturated heterocycles. The zero-order valence-electron chi connectivity index (χ0n) is 13.8. The molecule has 1 saturated carbocycles. The number of carbonyl (C=O) groups is 3. The van der Waals surface area contributed by atoms with Crippen LogP contribution >= 0.6 is 0 Å². The molecule has 25 heavy (non-hydrogen) atoms. The van der Waals surface area contributed by atoms with Gasteiger partial charge in [-0.2, -0.15) is 0 Å². The Morgan fingerprint density at radius 3 is 2.40 bits per heavy atom. The van der Waals surface area contributed by atoms with Gasteiger partial charge in [-0.1, -0.05) is 19.8 Å². The first-order valence-corrected chi connectivity index (χ1v) is 8.08. The lowest BCUT2D eigenvalue weighted by Crippen LogP contribution is -2.48. The van der Waals surface area contributed by atoms with E-state index in [9.17, 15) is 23.2 Å². The number of halogens is 2. The van der Waals surface area contributed by atoms with Crippen molar-refractivity contribution in [3.63, 3.8) is 0 Å². The summed E-state index contributed by atoms with van der Waals surface area (Å²) in [5, 5.41) is 4.79. The van der Waals surface area contributed by atoms with Crippen LogP contribution in [0.5, 0.6) is 0 Å². The zero-order valence-corrected chi connectivity index (χ0v) is 13.8. The molecule has 136 valence electrons. The lowest BCUT2D eigenvalue weighted by atomic mass is 9.86. The van der Waals surface area contributed by atoms with Crippen LogP contribution in [0.2, 0.25) is 0 Å². The summed E-state index contributed by atoms with van der Waals surface area (Å²) in [6.45, 7) is 1.30. The minimum absolute atomic E-state index is 0.000584. The molecule has 1 aliphatic rings. The third-order valence-corrected chi connectivity index (χ3v) is 4.11. The largest absolute Gasteiger partial charge is 0.452 e. The van der Waals surface area contributed by atoms with Gasteiger partial charge in [0.1, 0.15) is 11.6 Å². The molecule has 1 aliphatic carbocycles. The number of urea groups is 1. The first-order valence-electron chi connectivity index (χ1n) is 8.08. The van der Waals surface area contributed by atoms with Gasteiger partial charge in [0, 0.05) is 12.1 Å². The Hall–Kier alpha value is -2.51. The van der Waals surface area contributed by atoms with Gasteiger partial charge in [-0.3, -0.25) is 10.1 Å². The average molecular weight is 354 g/mol. The molecule has 1 aromatic rings. The maximum Gasteiger partial charge on any atom is 0.338 e. The van der Waals surface area contributed by atoms with Crippen molar-refractivity contribution in [3.05, 3.63) is 35.4 Å². The highest BCUT2D eigenvalue weighted by Gasteiger charge is 2.23. The number of ether oxygens (including phenoxy) is 1. The van der Waals surface area contributed by atoms with Crippen molar-refractivity contribution >= 4 is 17.9 Å². The van der Waals surface area contributed by atoms with E-state index in [1.807, 2.05) is 6.92 Å². The number of hydrogen-bond donors (Lipinski definition) is 2. The van der Waals surface area contributed by atoms with Crippen molar-refractivity contribution < 1.29 is 27.9 Å². The summed E-state index contributed by atoms with van der Waals surface area (Å²) < 4.78 is 30.7. The number of hydrogen-bond acceptors (Lipinski definition) is 4. The third kappa shape index (κ3) is 5.81. The summed E-state index contributed by atoms with van der Waals surface area (Å²) >= 11 is 0. The van der Waals surface area contributed by atoms with Crippen LogP contribution in [0.3, 0.4) is 0 Å². The lowest BCUT2D eigenvalue weighted by molar-refractivity contribution is -0.123. The quantitative estimate of drug-likeness (QED) is 0.814. The van der Waals surface area contributed by atoms with Gasteiger partial charge in [-0.25, -0.2) is 18.4 Å². The maximum atomic E-state index is 13.0. The van der Waals surface area contributed by atoms with E-state index in [1.165, 1.54) is 0 Å². The van der Waals surface area contributed by atoms with Crippen molar-refractivity contribution in [2.75, 3.05) is 6.61 Å². The first kappa shape index (κ1) is 18.8. The van der Waals surface area contributed by atoms with E-state index in [0.29, 0.717) is 12.0 Å². The zero-order chi connectivity index (χ0) is 18.4. The van der Waals surface area contributed by atoms with E-state index in [2.05, 4.69) is 15.4 Å². The Balaban J connectivity index is 1.77. The molecule has 1 fully saturated rings. The maximum absolute atomic E-state index is 13.0. The molecule has 2 atom stereocenters. The molecule has 0 aliphatic heterocycles. The van der Waals surface area contributed by atoms with Crippen LogP contribution < -0.4 is 10.6 Å². The van der Waals surface area contributed by atoms with E-state index in [4.69, 9.17) is 0 Å². The molecule has 0 aromatic heterocycles. The van der Waals surface area contributed by atoms with Gasteiger partial charge in [0.15, 0.2) is 6.61 Å². The van der Waals surface area contributed by atoms with Crippen molar-refractivity contribution in [2.45, 2.75) is 38.6 Å². The summed E-state index contributed by atoms with van der Waals surface area (Å²) in [6.07, 6.45) is 4.01. The number of carbonyl (C=O) groups excluding carboxylic acids is 3. The second-order valence-corrected chi connectivity index (χ2v) is 6.12. The van der Waals surface area contributed by atoms with E-state index in [1.54, 1.807) is 0 Å². The SMILES string of the molecule is C[C@@H]1CCCC[C@@H]1NC(=O)NC(=O)COC(=O)c1cc(F)cc(F)c1. The molecule has 0 bridgehead atoms. The molecular weight excluding hydrogens is 334 g/mol. The topological polar surface area (TPSA) is 84.5 Å². The van der Waals surface area contributed by atoms with Crippen LogP contribution in [0.25, 0.3) is 0 Å². The molecule has 8 heteroatoms. The third-order valence-electron chi connectivity index (χ3n) is 4.11. The van der Waals surface area contributed by atoms with Gasteiger partial charge < -0.3 is 10.1 Å². The smallest absolute Gasteiger partial charge is 0.338 e. The van der Waals surface area contributed by atoms with Gasteiger partial charge in [0.25, 0.3) is 5.91 Å². The van der Waals surface area contributed by atoms with Crippen LogP contribution in [-0.4, -0.2) is 30.6 Å². The Morgan fingerprint density at radius 2 is 1.76 bits per heavy atom. The molecule has 0 heterocycles. The average Bonchev–Trinajstić information content (AvgIpc) is 2.53. The van der Waals surface area contributed by atoms with E-state index in [0.717, 1.165) is 37.8 Å². The van der Waals surface area contributed by atoms with Crippen LogP contribution in [0, 0.1) is 17.6 Å². The molecular formula is C17H20F2N2O4. The summed E-state index contributed by atoms with van der Waals surface area (Å²) in [5.41, 5.74) is -0.356. The molecule has 2 N–H and O–H groups in total. The Kier molecular flexibility index (Phi) is 6.44. The number of imide groups is 1. The van der Waals surface area contributed by atoms with E-state index < -0.39 is 36.1 Å². The molecule has 6 nitrogen and oxygen atoms in total. The molecule has 0 unspecified atom stereocenters. The Morgan fingerprint density at radius 1 is 1.12 bits per heavy atom. The fourth-order valence-corrected chi connectivity index (χ4v) is 2.78. The minimum Gasteiger partial charge on any atom is -0.452 e. The number of esters is 1. The normalized spacial score (nSPS) is 19.8. The number of amides is 3. The predicted octanol–water partition coefficient (Wildman–Crippen LogP) is 2.53. The second-order valence-electron chi connectivity index (χ2n) is 6.12. The summed E-state index contributed by atoms with van der Waals surface area (Å²) in [4.78, 5) is 35.1. The second kappa shape index (κ2) is 8.55. The number of benzene rings is 1. The minimum atomic E-state index is -1.06. The Labute approximate surface area is 143 Å². The van der Waals surface area contributed by atoms with E-state index in [-0.39, 0.29) is 11.6 Å². The predicted molar refractivity (Wildman–Crippen MR) is 84.7 cm³/mol. The van der Waals surface area contributed by atoms with Crippen molar-refractivity contribution in [1.29, 1.82) is 0 Å². The van der Waals surface area contributed by atoms with Crippen molar-refractivity contribution in [3.8, 4) is 0 Å². The van der Waals surface area contributed by atoms with Gasteiger partial charge in [-0.05, 0) is 30.9 Å². The number of nitrogens with one attached hydrogen (secondary N) is 2. The fraction of sp³-hybridized carbons (Fsp3) is 0.471. The van der Waals surface area contributed by atoms with Crippen molar-refractivity contribution in [2.24, 2.45) is 5.92 Å². The number of rotatable bonds is 4. The highest BCUT2D eigenvalue weighted by Crippen LogP contribution is 2.23. The molecule has 0 radical (unpaired) electrons. The molecule has 3 amide bonds. The van der Waals surface area contributed by atoms with E-state index >= 15 is 0 Å². The molecule has 0 spiro atoms. The van der Waals surface area contributed by atoms with Crippen LogP contribution in [0.4, 0.5) is 13.6 Å². The summed E-state index contributed by atoms with van der Waals surface area (Å²) in [7, 11) is 0. The van der Waals surface area contributed by atoms with Crippen molar-refractivity contribution in [1.82, 2.24) is 10.6 Å². The van der Waals surface area contributed by atoms with Gasteiger partial charge in [0.05, 0.1) is 5.56 Å². The standard InChI is InChI=1S/C17H20F2N2O4/c1-10-4-2-3-5-14(10)20-17(24)21-15(22)9-25-16(23)11-6-12(18)8-13(19)7-11/h6-8,10,14H,2-5,9H2,1H3,(H2,20,21,22,24)/t10-,14+/m1/s1. The summed E-state index contributed by atoms with van der Waals surface area (Å²) in [5.74, 6) is -3.42.